The zero-order chi connectivity index (χ0) is 17.1. The molecule has 0 N–H and O–H groups in total. The van der Waals surface area contributed by atoms with E-state index in [1.165, 1.54) is 17.7 Å². The van der Waals surface area contributed by atoms with Crippen LogP contribution in [-0.2, 0) is 9.53 Å². The second-order valence-electron chi connectivity index (χ2n) is 7.04. The van der Waals surface area contributed by atoms with Crippen LogP contribution in [-0.4, -0.2) is 35.8 Å². The minimum absolute atomic E-state index is 0.0842. The lowest BCUT2D eigenvalue weighted by atomic mass is 9.98. The van der Waals surface area contributed by atoms with Crippen molar-refractivity contribution in [2.45, 2.75) is 38.3 Å². The average Bonchev–Trinajstić information content (AvgIpc) is 3.19. The topological polar surface area (TPSA) is 47.4 Å². The maximum Gasteiger partial charge on any atom is 0.150 e. The molecule has 0 amide bonds. The Morgan fingerprint density at radius 2 is 1.84 bits per heavy atom. The number of piperidine rings is 1. The number of nitrogens with zero attached hydrogens (tertiary/aromatic N) is 3. The van der Waals surface area contributed by atoms with E-state index in [0.717, 1.165) is 57.2 Å². The summed E-state index contributed by atoms with van der Waals surface area (Å²) in [7, 11) is 0. The van der Waals surface area contributed by atoms with E-state index in [9.17, 15) is 4.79 Å². The second kappa shape index (κ2) is 7.40. The molecule has 132 valence electrons. The van der Waals surface area contributed by atoms with Gasteiger partial charge < -0.3 is 14.4 Å². The van der Waals surface area contributed by atoms with Crippen LogP contribution in [0.25, 0.3) is 11.1 Å². The Morgan fingerprint density at radius 3 is 2.52 bits per heavy atom. The summed E-state index contributed by atoms with van der Waals surface area (Å²) in [5.74, 6) is 0.239. The van der Waals surface area contributed by atoms with E-state index < -0.39 is 0 Å². The molecule has 2 aliphatic rings. The SMILES string of the molecule is O=CC1CCN(c2ccc(-c3cnn(C4CCCCO4)c3)cc2)CC1. The number of anilines is 1. The first-order valence-electron chi connectivity index (χ1n) is 9.30. The average molecular weight is 339 g/mol. The molecule has 3 heterocycles. The Bertz CT molecular complexity index is 696. The van der Waals surface area contributed by atoms with Gasteiger partial charge in [0, 0.05) is 43.1 Å². The lowest BCUT2D eigenvalue weighted by Gasteiger charge is -2.31. The van der Waals surface area contributed by atoms with Crippen LogP contribution >= 0.6 is 0 Å². The van der Waals surface area contributed by atoms with Gasteiger partial charge in [-0.05, 0) is 49.8 Å². The van der Waals surface area contributed by atoms with E-state index in [1.54, 1.807) is 0 Å². The summed E-state index contributed by atoms with van der Waals surface area (Å²) in [5, 5.41) is 4.49. The summed E-state index contributed by atoms with van der Waals surface area (Å²) in [6.45, 7) is 2.74. The molecule has 0 radical (unpaired) electrons. The van der Waals surface area contributed by atoms with Crippen LogP contribution in [0.1, 0.15) is 38.3 Å². The highest BCUT2D eigenvalue weighted by Crippen LogP contribution is 2.28. The van der Waals surface area contributed by atoms with Gasteiger partial charge in [-0.2, -0.15) is 5.10 Å². The minimum Gasteiger partial charge on any atom is -0.371 e. The molecule has 1 aromatic heterocycles. The van der Waals surface area contributed by atoms with Crippen LogP contribution < -0.4 is 4.90 Å². The molecule has 2 aliphatic heterocycles. The van der Waals surface area contributed by atoms with Crippen molar-refractivity contribution in [2.75, 3.05) is 24.6 Å². The predicted molar refractivity (Wildman–Crippen MR) is 97.5 cm³/mol. The van der Waals surface area contributed by atoms with Crippen LogP contribution in [0, 0.1) is 5.92 Å². The fourth-order valence-electron chi connectivity index (χ4n) is 3.74. The predicted octanol–water partition coefficient (Wildman–Crippen LogP) is 3.66. The third-order valence-corrected chi connectivity index (χ3v) is 5.35. The minimum atomic E-state index is 0.0842. The molecule has 0 spiro atoms. The second-order valence-corrected chi connectivity index (χ2v) is 7.04. The van der Waals surface area contributed by atoms with Crippen molar-refractivity contribution in [1.29, 1.82) is 0 Å². The van der Waals surface area contributed by atoms with E-state index in [2.05, 4.69) is 40.5 Å². The normalized spacial score (nSPS) is 22.1. The zero-order valence-corrected chi connectivity index (χ0v) is 14.5. The molecule has 0 aliphatic carbocycles. The highest BCUT2D eigenvalue weighted by atomic mass is 16.5. The summed E-state index contributed by atoms with van der Waals surface area (Å²) in [5.41, 5.74) is 3.53. The van der Waals surface area contributed by atoms with Crippen LogP contribution in [0.15, 0.2) is 36.7 Å². The van der Waals surface area contributed by atoms with E-state index >= 15 is 0 Å². The third-order valence-electron chi connectivity index (χ3n) is 5.35. The van der Waals surface area contributed by atoms with Crippen molar-refractivity contribution in [1.82, 2.24) is 9.78 Å². The van der Waals surface area contributed by atoms with Gasteiger partial charge in [-0.3, -0.25) is 0 Å². The lowest BCUT2D eigenvalue weighted by molar-refractivity contribution is -0.111. The van der Waals surface area contributed by atoms with Gasteiger partial charge in [-0.25, -0.2) is 4.68 Å². The molecule has 4 rings (SSSR count). The Balaban J connectivity index is 1.43. The zero-order valence-electron chi connectivity index (χ0n) is 14.5. The quantitative estimate of drug-likeness (QED) is 0.798. The summed E-state index contributed by atoms with van der Waals surface area (Å²) in [6.07, 6.45) is 10.5. The van der Waals surface area contributed by atoms with Gasteiger partial charge in [0.25, 0.3) is 0 Å². The summed E-state index contributed by atoms with van der Waals surface area (Å²) >= 11 is 0. The summed E-state index contributed by atoms with van der Waals surface area (Å²) in [6, 6.07) is 8.66. The smallest absolute Gasteiger partial charge is 0.150 e. The molecule has 25 heavy (non-hydrogen) atoms. The largest absolute Gasteiger partial charge is 0.371 e. The molecule has 5 nitrogen and oxygen atoms in total. The first-order valence-corrected chi connectivity index (χ1v) is 9.30. The molecule has 1 aromatic carbocycles. The molecule has 2 aromatic rings. The number of rotatable bonds is 4. The van der Waals surface area contributed by atoms with Gasteiger partial charge in [0.05, 0.1) is 6.20 Å². The Kier molecular flexibility index (Phi) is 4.83. The number of carbonyl (C=O) groups excluding carboxylic acids is 1. The first kappa shape index (κ1) is 16.3. The third kappa shape index (κ3) is 3.61. The van der Waals surface area contributed by atoms with E-state index in [4.69, 9.17) is 4.74 Å². The van der Waals surface area contributed by atoms with Crippen LogP contribution in [0.2, 0.25) is 0 Å². The van der Waals surface area contributed by atoms with Crippen molar-refractivity contribution in [3.8, 4) is 11.1 Å². The standard InChI is InChI=1S/C20H25N3O2/c24-15-16-8-10-22(11-9-16)19-6-4-17(5-7-19)18-13-21-23(14-18)20-3-1-2-12-25-20/h4-7,13-16,20H,1-3,8-12H2. The monoisotopic (exact) mass is 339 g/mol. The fraction of sp³-hybridized carbons (Fsp3) is 0.500. The van der Waals surface area contributed by atoms with Crippen LogP contribution in [0.5, 0.6) is 0 Å². The maximum atomic E-state index is 10.9. The van der Waals surface area contributed by atoms with Gasteiger partial charge in [-0.15, -0.1) is 0 Å². The number of aromatic nitrogens is 2. The maximum absolute atomic E-state index is 10.9. The van der Waals surface area contributed by atoms with Crippen LogP contribution in [0.3, 0.4) is 0 Å². The molecular weight excluding hydrogens is 314 g/mol. The molecule has 1 atom stereocenters. The highest BCUT2D eigenvalue weighted by molar-refractivity contribution is 5.65. The lowest BCUT2D eigenvalue weighted by Crippen LogP contribution is -2.33. The number of benzene rings is 1. The summed E-state index contributed by atoms with van der Waals surface area (Å²) < 4.78 is 7.75. The van der Waals surface area contributed by atoms with E-state index in [0.29, 0.717) is 0 Å². The Labute approximate surface area is 148 Å². The van der Waals surface area contributed by atoms with E-state index in [1.807, 2.05) is 10.9 Å². The number of ether oxygens (including phenoxy) is 1. The Morgan fingerprint density at radius 1 is 1.04 bits per heavy atom. The van der Waals surface area contributed by atoms with Crippen molar-refractivity contribution < 1.29 is 9.53 Å². The molecule has 5 heteroatoms. The molecule has 1 unspecified atom stereocenters. The van der Waals surface area contributed by atoms with Crippen molar-refractivity contribution >= 4 is 12.0 Å². The van der Waals surface area contributed by atoms with Gasteiger partial charge in [0.15, 0.2) is 0 Å². The summed E-state index contributed by atoms with van der Waals surface area (Å²) in [4.78, 5) is 13.2. The Hall–Kier alpha value is -2.14. The number of hydrogen-bond acceptors (Lipinski definition) is 4. The molecular formula is C20H25N3O2. The van der Waals surface area contributed by atoms with Crippen molar-refractivity contribution in [3.05, 3.63) is 36.7 Å². The fourth-order valence-corrected chi connectivity index (χ4v) is 3.74. The molecule has 0 saturated carbocycles. The number of aldehydes is 1. The van der Waals surface area contributed by atoms with Gasteiger partial charge in [-0.1, -0.05) is 12.1 Å². The van der Waals surface area contributed by atoms with Gasteiger partial charge in [0.1, 0.15) is 12.5 Å². The van der Waals surface area contributed by atoms with Crippen LogP contribution in [0.4, 0.5) is 5.69 Å². The molecule has 0 bridgehead atoms. The number of hydrogen-bond donors (Lipinski definition) is 0. The van der Waals surface area contributed by atoms with Gasteiger partial charge >= 0.3 is 0 Å². The van der Waals surface area contributed by atoms with Crippen molar-refractivity contribution in [3.63, 3.8) is 0 Å². The van der Waals surface area contributed by atoms with Crippen molar-refractivity contribution in [2.24, 2.45) is 5.92 Å². The highest BCUT2D eigenvalue weighted by Gasteiger charge is 2.19. The van der Waals surface area contributed by atoms with E-state index in [-0.39, 0.29) is 12.1 Å². The molecule has 2 saturated heterocycles. The molecule has 2 fully saturated rings. The van der Waals surface area contributed by atoms with Gasteiger partial charge in [0.2, 0.25) is 0 Å². The number of carbonyl (C=O) groups is 1. The first-order chi connectivity index (χ1) is 12.3.